The van der Waals surface area contributed by atoms with Crippen LogP contribution in [0.5, 0.6) is 40.2 Å². The van der Waals surface area contributed by atoms with Gasteiger partial charge in [0.1, 0.15) is 40.2 Å². The van der Waals surface area contributed by atoms with Crippen LogP contribution in [0.3, 0.4) is 0 Å². The SMILES string of the molecule is CCCN1CCc2c(cccc2NC(=O)c2cc(Cl)c(OC)cc2OC)C1.CCN1CCc2c(cccc2NC(=O)c2cc(Cl)c(OC)cc2OC)C1.COc1cc(C)c(Cl)cc1C(=O)Nc1cccc2c1CCN(C)C2.COc1cc(OC)c(C(=O)Nc2cccc3c2CCNC3)cc1Cl. The van der Waals surface area contributed by atoms with Gasteiger partial charge in [-0.05, 0) is 170 Å². The summed E-state index contributed by atoms with van der Waals surface area (Å²) in [5.41, 5.74) is 15.6. The highest BCUT2D eigenvalue weighted by atomic mass is 35.5. The molecule has 8 aromatic rings. The van der Waals surface area contributed by atoms with E-state index in [1.54, 1.807) is 55.6 Å². The molecule has 0 radical (unpaired) electrons. The number of hydrogen-bond donors (Lipinski definition) is 5. The molecule has 19 nitrogen and oxygen atoms in total. The van der Waals surface area contributed by atoms with E-state index in [0.29, 0.717) is 82.6 Å². The van der Waals surface area contributed by atoms with Gasteiger partial charge in [0.15, 0.2) is 0 Å². The number of benzene rings is 8. The number of fused-ring (bicyclic) bond motifs is 4. The van der Waals surface area contributed by atoms with Gasteiger partial charge in [-0.25, -0.2) is 0 Å². The molecule has 8 aromatic carbocycles. The van der Waals surface area contributed by atoms with Crippen molar-refractivity contribution in [3.8, 4) is 40.2 Å². The molecular formula is C78H88Cl4N8O11. The molecule has 0 unspecified atom stereocenters. The van der Waals surface area contributed by atoms with Gasteiger partial charge in [0.05, 0.1) is 87.1 Å². The molecule has 0 aliphatic carbocycles. The van der Waals surface area contributed by atoms with Crippen LogP contribution < -0.4 is 59.7 Å². The first-order valence-electron chi connectivity index (χ1n) is 33.4. The highest BCUT2D eigenvalue weighted by molar-refractivity contribution is 6.34. The lowest BCUT2D eigenvalue weighted by Crippen LogP contribution is -2.31. The lowest BCUT2D eigenvalue weighted by Gasteiger charge is -2.29. The average Bonchev–Trinajstić information content (AvgIpc) is 0.813. The number of nitrogens with zero attached hydrogens (tertiary/aromatic N) is 3. The molecule has 4 aliphatic heterocycles. The van der Waals surface area contributed by atoms with Crippen LogP contribution in [0.4, 0.5) is 22.7 Å². The third-order valence-corrected chi connectivity index (χ3v) is 19.4. The predicted octanol–water partition coefficient (Wildman–Crippen LogP) is 15.5. The van der Waals surface area contributed by atoms with Gasteiger partial charge in [-0.3, -0.25) is 29.0 Å². The van der Waals surface area contributed by atoms with Gasteiger partial charge < -0.3 is 64.6 Å². The second-order valence-electron chi connectivity index (χ2n) is 24.5. The van der Waals surface area contributed by atoms with Crippen LogP contribution in [0, 0.1) is 6.92 Å². The monoisotopic (exact) mass is 1450 g/mol. The molecule has 4 heterocycles. The Kier molecular flexibility index (Phi) is 27.4. The molecule has 0 bridgehead atoms. The van der Waals surface area contributed by atoms with Crippen LogP contribution in [0.2, 0.25) is 20.1 Å². The summed E-state index contributed by atoms with van der Waals surface area (Å²) in [4.78, 5) is 58.3. The van der Waals surface area contributed by atoms with Crippen molar-refractivity contribution in [1.82, 2.24) is 20.0 Å². The fraction of sp³-hybridized carbons (Fsp3) is 0.333. The molecule has 0 fully saturated rings. The van der Waals surface area contributed by atoms with E-state index >= 15 is 0 Å². The van der Waals surface area contributed by atoms with Crippen molar-refractivity contribution in [3.63, 3.8) is 0 Å². The van der Waals surface area contributed by atoms with Crippen molar-refractivity contribution < 1.29 is 52.3 Å². The van der Waals surface area contributed by atoms with E-state index in [-0.39, 0.29) is 23.6 Å². The fourth-order valence-corrected chi connectivity index (χ4v) is 13.6. The number of halogens is 4. The van der Waals surface area contributed by atoms with Gasteiger partial charge in [-0.2, -0.15) is 0 Å². The second kappa shape index (κ2) is 36.2. The largest absolute Gasteiger partial charge is 0.496 e. The van der Waals surface area contributed by atoms with Crippen molar-refractivity contribution in [2.45, 2.75) is 79.1 Å². The van der Waals surface area contributed by atoms with E-state index in [0.717, 1.165) is 126 Å². The zero-order valence-electron chi connectivity index (χ0n) is 59.0. The van der Waals surface area contributed by atoms with Gasteiger partial charge in [-0.15, -0.1) is 0 Å². The molecule has 534 valence electrons. The number of rotatable bonds is 18. The fourth-order valence-electron chi connectivity index (χ4n) is 12.7. The maximum absolute atomic E-state index is 12.9. The lowest BCUT2D eigenvalue weighted by molar-refractivity contribution is 0.101. The molecule has 0 spiro atoms. The Bertz CT molecular complexity index is 4310. The van der Waals surface area contributed by atoms with Crippen molar-refractivity contribution in [2.24, 2.45) is 0 Å². The minimum Gasteiger partial charge on any atom is -0.496 e. The van der Waals surface area contributed by atoms with Gasteiger partial charge in [-0.1, -0.05) is 109 Å². The normalized spacial score (nSPS) is 13.7. The summed E-state index contributed by atoms with van der Waals surface area (Å²) in [6, 6.07) is 37.1. The number of nitrogens with one attached hydrogen (secondary N) is 5. The summed E-state index contributed by atoms with van der Waals surface area (Å²) in [5, 5.41) is 17.0. The number of anilines is 4. The van der Waals surface area contributed by atoms with E-state index in [2.05, 4.69) is 86.4 Å². The smallest absolute Gasteiger partial charge is 0.259 e. The minimum atomic E-state index is -0.261. The van der Waals surface area contributed by atoms with Gasteiger partial charge in [0, 0.05) is 91.8 Å². The van der Waals surface area contributed by atoms with Crippen molar-refractivity contribution in [2.75, 3.05) is 117 Å². The maximum Gasteiger partial charge on any atom is 0.259 e. The van der Waals surface area contributed by atoms with Crippen LogP contribution in [-0.4, -0.2) is 134 Å². The standard InChI is InChI=1S/C21H25ClN2O3.C20H23ClN2O3.C19H21ClN2O2.C18H19ClN2O3/c1-4-9-24-10-8-15-14(13-24)6-5-7-18(15)23-21(25)16-11-17(22)20(27-3)12-19(16)26-2;1-4-23-9-8-14-13(12-23)6-5-7-17(14)22-20(24)15-10-16(21)19(26-3)11-18(15)25-2;1-12-9-18(24-3)15(10-16(12)20)19(23)21-17-6-4-5-13-11-22(2)8-7-14(13)17;1-23-16-9-17(24-2)14(19)8-13(16)18(22)21-15-5-3-4-11-10-20-7-6-12(11)15/h5-7,11-12H,4,8-10,13H2,1-3H3,(H,23,25);5-7,10-11H,4,8-9,12H2,1-3H3,(H,22,24);4-6,9-10H,7-8,11H2,1-3H3,(H,21,23);3-5,8-9,20H,6-7,10H2,1-2H3,(H,21,22). The molecule has 101 heavy (non-hydrogen) atoms. The van der Waals surface area contributed by atoms with Crippen molar-refractivity contribution in [1.29, 1.82) is 0 Å². The summed E-state index contributed by atoms with van der Waals surface area (Å²) < 4.78 is 36.9. The average molecular weight is 1460 g/mol. The summed E-state index contributed by atoms with van der Waals surface area (Å²) in [6.07, 6.45) is 4.79. The minimum absolute atomic E-state index is 0.207. The van der Waals surface area contributed by atoms with Crippen molar-refractivity contribution in [3.05, 3.63) is 214 Å². The molecule has 0 saturated heterocycles. The van der Waals surface area contributed by atoms with Gasteiger partial charge >= 0.3 is 0 Å². The Labute approximate surface area is 611 Å². The van der Waals surface area contributed by atoms with E-state index in [9.17, 15) is 19.2 Å². The van der Waals surface area contributed by atoms with Crippen LogP contribution >= 0.6 is 46.4 Å². The summed E-state index contributed by atoms with van der Waals surface area (Å²) in [6.45, 7) is 15.8. The van der Waals surface area contributed by atoms with E-state index in [1.165, 1.54) is 87.2 Å². The Morgan fingerprint density at radius 1 is 0.416 bits per heavy atom. The number of methoxy groups -OCH3 is 7. The van der Waals surface area contributed by atoms with E-state index < -0.39 is 0 Å². The Hall–Kier alpha value is -8.76. The highest BCUT2D eigenvalue weighted by Crippen LogP contribution is 2.38. The Balaban J connectivity index is 0.000000157. The summed E-state index contributed by atoms with van der Waals surface area (Å²) in [5.74, 6) is 2.23. The van der Waals surface area contributed by atoms with Crippen LogP contribution in [-0.2, 0) is 51.9 Å². The topological polar surface area (TPSA) is 203 Å². The number of carbonyl (C=O) groups is 4. The Morgan fingerprint density at radius 3 is 1.14 bits per heavy atom. The molecule has 4 amide bonds. The number of likely N-dealkylation sites (N-methyl/N-ethyl adjacent to an activating group) is 2. The molecule has 0 aromatic heterocycles. The van der Waals surface area contributed by atoms with Crippen LogP contribution in [0.15, 0.2) is 121 Å². The zero-order chi connectivity index (χ0) is 72.4. The van der Waals surface area contributed by atoms with Crippen molar-refractivity contribution >= 4 is 92.8 Å². The molecule has 23 heteroatoms. The first kappa shape index (κ1) is 76.4. The predicted molar refractivity (Wildman–Crippen MR) is 403 cm³/mol. The Morgan fingerprint density at radius 2 is 0.752 bits per heavy atom. The van der Waals surface area contributed by atoms with Gasteiger partial charge in [0.25, 0.3) is 23.6 Å². The number of amides is 4. The van der Waals surface area contributed by atoms with Gasteiger partial charge in [0.2, 0.25) is 0 Å². The third-order valence-electron chi connectivity index (χ3n) is 18.1. The second-order valence-corrected chi connectivity index (χ2v) is 26.1. The molecule has 0 saturated carbocycles. The van der Waals surface area contributed by atoms with E-state index in [4.69, 9.17) is 79.6 Å². The zero-order valence-corrected chi connectivity index (χ0v) is 62.0. The number of carbonyl (C=O) groups excluding carboxylic acids is 4. The third kappa shape index (κ3) is 18.9. The van der Waals surface area contributed by atoms with E-state index in [1.807, 2.05) is 55.5 Å². The molecule has 0 atom stereocenters. The number of ether oxygens (including phenoxy) is 7. The molecular weight excluding hydrogens is 1370 g/mol. The number of aryl methyl sites for hydroxylation is 1. The molecule has 12 rings (SSSR count). The van der Waals surface area contributed by atoms with Crippen LogP contribution in [0.1, 0.15) is 112 Å². The van der Waals surface area contributed by atoms with Crippen LogP contribution in [0.25, 0.3) is 0 Å². The molecule has 4 aliphatic rings. The highest BCUT2D eigenvalue weighted by Gasteiger charge is 2.26. The lowest BCUT2D eigenvalue weighted by atomic mass is 9.97. The first-order valence-corrected chi connectivity index (χ1v) is 34.9. The molecule has 5 N–H and O–H groups in total. The first-order chi connectivity index (χ1) is 48.8. The maximum atomic E-state index is 12.9. The number of hydrogen-bond acceptors (Lipinski definition) is 15. The summed E-state index contributed by atoms with van der Waals surface area (Å²) in [7, 11) is 12.8. The summed E-state index contributed by atoms with van der Waals surface area (Å²) >= 11 is 24.7. The quantitative estimate of drug-likeness (QED) is 0.0542.